The van der Waals surface area contributed by atoms with Crippen molar-refractivity contribution in [3.63, 3.8) is 0 Å². The number of ether oxygens (including phenoxy) is 2. The Bertz CT molecular complexity index is 879. The molecule has 0 radical (unpaired) electrons. The second-order valence-electron chi connectivity index (χ2n) is 8.98. The predicted octanol–water partition coefficient (Wildman–Crippen LogP) is 3.84. The standard InChI is InChI=1S/C24H33N3O4/c1-6-24(27-16-14-26(15-17-27)22(29)31-23(2,3)4)13-7-8-18-9-10-19(25-21(18)24)11-12-20(28)30-5/h7-12H,6,13-17H2,1-5H3/b12-11+. The quantitative estimate of drug-likeness (QED) is 0.537. The van der Waals surface area contributed by atoms with Crippen LogP contribution in [0.2, 0.25) is 0 Å². The fourth-order valence-corrected chi connectivity index (χ4v) is 4.24. The summed E-state index contributed by atoms with van der Waals surface area (Å²) in [5.41, 5.74) is 2.11. The van der Waals surface area contributed by atoms with E-state index in [0.717, 1.165) is 42.9 Å². The first kappa shape index (κ1) is 23.0. The summed E-state index contributed by atoms with van der Waals surface area (Å²) in [6.45, 7) is 10.6. The smallest absolute Gasteiger partial charge is 0.410 e. The number of rotatable bonds is 4. The maximum absolute atomic E-state index is 12.5. The van der Waals surface area contributed by atoms with Gasteiger partial charge in [0.05, 0.1) is 24.0 Å². The Kier molecular flexibility index (Phi) is 6.84. The van der Waals surface area contributed by atoms with Crippen LogP contribution in [0.1, 0.15) is 57.5 Å². The van der Waals surface area contributed by atoms with Crippen LogP contribution in [0.15, 0.2) is 24.3 Å². The van der Waals surface area contributed by atoms with Gasteiger partial charge in [-0.3, -0.25) is 9.88 Å². The largest absolute Gasteiger partial charge is 0.466 e. The molecule has 2 heterocycles. The Balaban J connectivity index is 1.81. The van der Waals surface area contributed by atoms with Gasteiger partial charge in [-0.25, -0.2) is 9.59 Å². The van der Waals surface area contributed by atoms with Crippen LogP contribution in [0, 0.1) is 0 Å². The van der Waals surface area contributed by atoms with Crippen molar-refractivity contribution in [2.45, 2.75) is 51.7 Å². The van der Waals surface area contributed by atoms with Gasteiger partial charge in [0.15, 0.2) is 0 Å². The number of methoxy groups -OCH3 is 1. The minimum Gasteiger partial charge on any atom is -0.466 e. The molecule has 2 aliphatic rings. The summed E-state index contributed by atoms with van der Waals surface area (Å²) < 4.78 is 10.2. The summed E-state index contributed by atoms with van der Waals surface area (Å²) in [5.74, 6) is -0.403. The van der Waals surface area contributed by atoms with Gasteiger partial charge in [0.1, 0.15) is 5.60 Å². The number of pyridine rings is 1. The van der Waals surface area contributed by atoms with Gasteiger partial charge in [-0.15, -0.1) is 0 Å². The fourth-order valence-electron chi connectivity index (χ4n) is 4.24. The first-order valence-corrected chi connectivity index (χ1v) is 10.9. The van der Waals surface area contributed by atoms with Gasteiger partial charge in [0.25, 0.3) is 0 Å². The molecule has 1 unspecified atom stereocenters. The molecule has 0 N–H and O–H groups in total. The third-order valence-corrected chi connectivity index (χ3v) is 5.85. The fraction of sp³-hybridized carbons (Fsp3) is 0.542. The molecule has 1 fully saturated rings. The van der Waals surface area contributed by atoms with Crippen molar-refractivity contribution < 1.29 is 19.1 Å². The number of carbonyl (C=O) groups excluding carboxylic acids is 2. The monoisotopic (exact) mass is 427 g/mol. The third kappa shape index (κ3) is 5.15. The second kappa shape index (κ2) is 9.22. The molecule has 7 heteroatoms. The van der Waals surface area contributed by atoms with E-state index in [9.17, 15) is 9.59 Å². The Labute approximate surface area is 184 Å². The van der Waals surface area contributed by atoms with Crippen molar-refractivity contribution in [2.75, 3.05) is 33.3 Å². The molecular weight excluding hydrogens is 394 g/mol. The minimum absolute atomic E-state index is 0.237. The zero-order valence-corrected chi connectivity index (χ0v) is 19.2. The van der Waals surface area contributed by atoms with Crippen LogP contribution < -0.4 is 0 Å². The van der Waals surface area contributed by atoms with Crippen molar-refractivity contribution in [3.8, 4) is 0 Å². The zero-order valence-electron chi connectivity index (χ0n) is 19.2. The summed E-state index contributed by atoms with van der Waals surface area (Å²) in [6.07, 6.45) is 8.90. The highest BCUT2D eigenvalue weighted by molar-refractivity contribution is 5.86. The highest BCUT2D eigenvalue weighted by Crippen LogP contribution is 2.41. The normalized spacial score (nSPS) is 21.8. The first-order chi connectivity index (χ1) is 14.7. The summed E-state index contributed by atoms with van der Waals surface area (Å²) in [7, 11) is 1.36. The van der Waals surface area contributed by atoms with Crippen LogP contribution in [-0.2, 0) is 19.8 Å². The Hall–Kier alpha value is -2.67. The van der Waals surface area contributed by atoms with E-state index in [1.54, 1.807) is 11.0 Å². The van der Waals surface area contributed by atoms with Gasteiger partial charge in [-0.05, 0) is 51.3 Å². The number of hydrogen-bond acceptors (Lipinski definition) is 6. The van der Waals surface area contributed by atoms with Gasteiger partial charge < -0.3 is 14.4 Å². The van der Waals surface area contributed by atoms with Gasteiger partial charge >= 0.3 is 12.1 Å². The lowest BCUT2D eigenvalue weighted by Gasteiger charge is -2.48. The molecule has 31 heavy (non-hydrogen) atoms. The van der Waals surface area contributed by atoms with Gasteiger partial charge in [-0.2, -0.15) is 0 Å². The third-order valence-electron chi connectivity index (χ3n) is 5.85. The van der Waals surface area contributed by atoms with Crippen molar-refractivity contribution in [3.05, 3.63) is 41.2 Å². The summed E-state index contributed by atoms with van der Waals surface area (Å²) >= 11 is 0. The van der Waals surface area contributed by atoms with E-state index < -0.39 is 11.6 Å². The molecule has 1 aromatic heterocycles. The summed E-state index contributed by atoms with van der Waals surface area (Å²) in [4.78, 5) is 33.1. The number of nitrogens with zero attached hydrogens (tertiary/aromatic N) is 3. The van der Waals surface area contributed by atoms with E-state index in [1.807, 2.05) is 26.8 Å². The van der Waals surface area contributed by atoms with E-state index >= 15 is 0 Å². The zero-order chi connectivity index (χ0) is 22.6. The van der Waals surface area contributed by atoms with Crippen LogP contribution in [0.5, 0.6) is 0 Å². The average Bonchev–Trinajstić information content (AvgIpc) is 2.75. The van der Waals surface area contributed by atoms with Crippen LogP contribution >= 0.6 is 0 Å². The molecular formula is C24H33N3O4. The predicted molar refractivity (Wildman–Crippen MR) is 120 cm³/mol. The number of esters is 1. The Morgan fingerprint density at radius 2 is 1.90 bits per heavy atom. The highest BCUT2D eigenvalue weighted by atomic mass is 16.6. The Morgan fingerprint density at radius 1 is 1.19 bits per heavy atom. The molecule has 1 aliphatic heterocycles. The van der Waals surface area contributed by atoms with Crippen LogP contribution in [-0.4, -0.2) is 65.7 Å². The van der Waals surface area contributed by atoms with Crippen LogP contribution in [0.4, 0.5) is 4.79 Å². The average molecular weight is 428 g/mol. The van der Waals surface area contributed by atoms with E-state index in [2.05, 4.69) is 34.8 Å². The van der Waals surface area contributed by atoms with Crippen molar-refractivity contribution >= 4 is 24.2 Å². The molecule has 1 amide bonds. The number of amides is 1. The summed E-state index contributed by atoms with van der Waals surface area (Å²) in [6, 6.07) is 3.96. The lowest BCUT2D eigenvalue weighted by Crippen LogP contribution is -2.57. The number of fused-ring (bicyclic) bond motifs is 1. The molecule has 168 valence electrons. The maximum Gasteiger partial charge on any atom is 0.410 e. The molecule has 0 saturated carbocycles. The van der Waals surface area contributed by atoms with Crippen LogP contribution in [0.3, 0.4) is 0 Å². The first-order valence-electron chi connectivity index (χ1n) is 10.9. The molecule has 3 rings (SSSR count). The molecule has 1 aromatic rings. The molecule has 0 aromatic carbocycles. The number of hydrogen-bond donors (Lipinski definition) is 0. The molecule has 7 nitrogen and oxygen atoms in total. The minimum atomic E-state index is -0.496. The number of carbonyl (C=O) groups is 2. The number of piperazine rings is 1. The summed E-state index contributed by atoms with van der Waals surface area (Å²) in [5, 5.41) is 0. The van der Waals surface area contributed by atoms with E-state index in [-0.39, 0.29) is 11.6 Å². The SMILES string of the molecule is CCC1(N2CCN(C(=O)OC(C)(C)C)CC2)CC=Cc2ccc(/C=C/C(=O)OC)nc21. The lowest BCUT2D eigenvalue weighted by atomic mass is 9.79. The maximum atomic E-state index is 12.5. The molecule has 0 bridgehead atoms. The van der Waals surface area contributed by atoms with Gasteiger partial charge in [-0.1, -0.05) is 25.1 Å². The van der Waals surface area contributed by atoms with Crippen molar-refractivity contribution in [2.24, 2.45) is 0 Å². The second-order valence-corrected chi connectivity index (χ2v) is 8.98. The molecule has 1 aliphatic carbocycles. The topological polar surface area (TPSA) is 72.0 Å². The van der Waals surface area contributed by atoms with Crippen molar-refractivity contribution in [1.29, 1.82) is 0 Å². The van der Waals surface area contributed by atoms with E-state index in [0.29, 0.717) is 13.1 Å². The van der Waals surface area contributed by atoms with Gasteiger partial charge in [0.2, 0.25) is 0 Å². The van der Waals surface area contributed by atoms with E-state index in [4.69, 9.17) is 9.72 Å². The number of aromatic nitrogens is 1. The van der Waals surface area contributed by atoms with E-state index in [1.165, 1.54) is 13.2 Å². The van der Waals surface area contributed by atoms with Crippen molar-refractivity contribution in [1.82, 2.24) is 14.8 Å². The molecule has 0 spiro atoms. The van der Waals surface area contributed by atoms with Crippen LogP contribution in [0.25, 0.3) is 12.2 Å². The van der Waals surface area contributed by atoms with Gasteiger partial charge in [0, 0.05) is 32.3 Å². The Morgan fingerprint density at radius 3 is 2.52 bits per heavy atom. The molecule has 1 atom stereocenters. The lowest BCUT2D eigenvalue weighted by molar-refractivity contribution is -0.134. The molecule has 1 saturated heterocycles. The highest BCUT2D eigenvalue weighted by Gasteiger charge is 2.42.